The summed E-state index contributed by atoms with van der Waals surface area (Å²) < 4.78 is 0. The monoisotopic (exact) mass is 170 g/mol. The van der Waals surface area contributed by atoms with Crippen molar-refractivity contribution >= 4 is 11.3 Å². The van der Waals surface area contributed by atoms with E-state index in [4.69, 9.17) is 5.73 Å². The van der Waals surface area contributed by atoms with Gasteiger partial charge in [0.1, 0.15) is 0 Å². The van der Waals surface area contributed by atoms with Crippen LogP contribution in [0.3, 0.4) is 0 Å². The quantitative estimate of drug-likeness (QED) is 0.737. The molecule has 1 heterocycles. The maximum Gasteiger partial charge on any atom is 0.0900 e. The predicted octanol–water partition coefficient (Wildman–Crippen LogP) is 2.03. The standard InChI is InChI=1S/C8H14N2S/c1-4-7-8(5(2)9)11-6(3)10-7/h5H,4,9H2,1-3H3. The van der Waals surface area contributed by atoms with E-state index in [-0.39, 0.29) is 6.04 Å². The molecule has 0 fully saturated rings. The van der Waals surface area contributed by atoms with Gasteiger partial charge in [0.25, 0.3) is 0 Å². The molecule has 0 spiro atoms. The van der Waals surface area contributed by atoms with Crippen molar-refractivity contribution in [3.05, 3.63) is 15.6 Å². The Morgan fingerprint density at radius 3 is 2.64 bits per heavy atom. The molecule has 1 aromatic heterocycles. The van der Waals surface area contributed by atoms with E-state index >= 15 is 0 Å². The molecule has 11 heavy (non-hydrogen) atoms. The average molecular weight is 170 g/mol. The van der Waals surface area contributed by atoms with Crippen molar-refractivity contribution in [2.24, 2.45) is 5.73 Å². The van der Waals surface area contributed by atoms with Crippen molar-refractivity contribution in [3.63, 3.8) is 0 Å². The Morgan fingerprint density at radius 2 is 2.27 bits per heavy atom. The number of aryl methyl sites for hydroxylation is 2. The lowest BCUT2D eigenvalue weighted by atomic mass is 10.2. The Labute approximate surface area is 71.5 Å². The number of hydrogen-bond donors (Lipinski definition) is 1. The molecule has 1 unspecified atom stereocenters. The highest BCUT2D eigenvalue weighted by molar-refractivity contribution is 7.11. The van der Waals surface area contributed by atoms with Crippen LogP contribution in [-0.4, -0.2) is 4.98 Å². The summed E-state index contributed by atoms with van der Waals surface area (Å²) in [5.41, 5.74) is 6.94. The van der Waals surface area contributed by atoms with Crippen LogP contribution in [0.1, 0.15) is 35.5 Å². The lowest BCUT2D eigenvalue weighted by molar-refractivity contribution is 0.813. The molecule has 0 amide bonds. The summed E-state index contributed by atoms with van der Waals surface area (Å²) in [5.74, 6) is 0. The minimum Gasteiger partial charge on any atom is -0.323 e. The van der Waals surface area contributed by atoms with Crippen LogP contribution in [0, 0.1) is 6.92 Å². The van der Waals surface area contributed by atoms with Crippen LogP contribution in [0.5, 0.6) is 0 Å². The number of thiazole rings is 1. The largest absolute Gasteiger partial charge is 0.323 e. The first-order valence-corrected chi connectivity index (χ1v) is 4.68. The third-order valence-electron chi connectivity index (χ3n) is 1.58. The Bertz CT molecular complexity index is 240. The van der Waals surface area contributed by atoms with Crippen LogP contribution in [-0.2, 0) is 6.42 Å². The van der Waals surface area contributed by atoms with Gasteiger partial charge in [-0.25, -0.2) is 4.98 Å². The van der Waals surface area contributed by atoms with Crippen molar-refractivity contribution in [1.82, 2.24) is 4.98 Å². The van der Waals surface area contributed by atoms with Gasteiger partial charge >= 0.3 is 0 Å². The molecular formula is C8H14N2S. The van der Waals surface area contributed by atoms with E-state index in [2.05, 4.69) is 11.9 Å². The van der Waals surface area contributed by atoms with Gasteiger partial charge in [0, 0.05) is 10.9 Å². The summed E-state index contributed by atoms with van der Waals surface area (Å²) in [4.78, 5) is 5.63. The van der Waals surface area contributed by atoms with Crippen molar-refractivity contribution < 1.29 is 0 Å². The topological polar surface area (TPSA) is 38.9 Å². The van der Waals surface area contributed by atoms with Crippen molar-refractivity contribution in [2.45, 2.75) is 33.2 Å². The summed E-state index contributed by atoms with van der Waals surface area (Å²) in [6.07, 6.45) is 0.987. The molecule has 0 aromatic carbocycles. The van der Waals surface area contributed by atoms with Crippen molar-refractivity contribution in [1.29, 1.82) is 0 Å². The number of aromatic nitrogens is 1. The predicted molar refractivity (Wildman–Crippen MR) is 48.8 cm³/mol. The van der Waals surface area contributed by atoms with E-state index in [0.29, 0.717) is 0 Å². The van der Waals surface area contributed by atoms with Gasteiger partial charge < -0.3 is 5.73 Å². The van der Waals surface area contributed by atoms with E-state index in [1.807, 2.05) is 13.8 Å². The van der Waals surface area contributed by atoms with Crippen LogP contribution in [0.4, 0.5) is 0 Å². The van der Waals surface area contributed by atoms with Crippen molar-refractivity contribution in [3.8, 4) is 0 Å². The zero-order valence-corrected chi connectivity index (χ0v) is 8.03. The van der Waals surface area contributed by atoms with Crippen LogP contribution in [0.25, 0.3) is 0 Å². The summed E-state index contributed by atoms with van der Waals surface area (Å²) in [6, 6.07) is 0.135. The fraction of sp³-hybridized carbons (Fsp3) is 0.625. The smallest absolute Gasteiger partial charge is 0.0900 e. The van der Waals surface area contributed by atoms with E-state index in [1.165, 1.54) is 10.6 Å². The first-order valence-electron chi connectivity index (χ1n) is 3.87. The summed E-state index contributed by atoms with van der Waals surface area (Å²) >= 11 is 1.71. The molecule has 1 aromatic rings. The van der Waals surface area contributed by atoms with Gasteiger partial charge in [0.2, 0.25) is 0 Å². The van der Waals surface area contributed by atoms with Gasteiger partial charge in [-0.15, -0.1) is 11.3 Å². The maximum atomic E-state index is 5.77. The summed E-state index contributed by atoms with van der Waals surface area (Å²) in [7, 11) is 0. The Kier molecular flexibility index (Phi) is 2.62. The first-order chi connectivity index (χ1) is 5.15. The average Bonchev–Trinajstić information content (AvgIpc) is 2.30. The molecule has 0 radical (unpaired) electrons. The number of rotatable bonds is 2. The molecule has 1 rings (SSSR count). The van der Waals surface area contributed by atoms with Crippen LogP contribution >= 0.6 is 11.3 Å². The minimum atomic E-state index is 0.135. The molecule has 0 saturated carbocycles. The van der Waals surface area contributed by atoms with Crippen LogP contribution < -0.4 is 5.73 Å². The molecule has 2 nitrogen and oxygen atoms in total. The highest BCUT2D eigenvalue weighted by Gasteiger charge is 2.09. The molecule has 0 aliphatic rings. The molecule has 62 valence electrons. The molecule has 0 bridgehead atoms. The van der Waals surface area contributed by atoms with Gasteiger partial charge in [-0.1, -0.05) is 6.92 Å². The second-order valence-electron chi connectivity index (χ2n) is 2.69. The molecule has 0 saturated heterocycles. The van der Waals surface area contributed by atoms with Gasteiger partial charge in [-0.2, -0.15) is 0 Å². The minimum absolute atomic E-state index is 0.135. The third kappa shape index (κ3) is 1.79. The van der Waals surface area contributed by atoms with Crippen molar-refractivity contribution in [2.75, 3.05) is 0 Å². The van der Waals surface area contributed by atoms with Gasteiger partial charge in [-0.3, -0.25) is 0 Å². The second kappa shape index (κ2) is 3.32. The van der Waals surface area contributed by atoms with E-state index in [1.54, 1.807) is 11.3 Å². The lowest BCUT2D eigenvalue weighted by Crippen LogP contribution is -2.05. The fourth-order valence-corrected chi connectivity index (χ4v) is 2.06. The molecular weight excluding hydrogens is 156 g/mol. The normalized spacial score (nSPS) is 13.5. The van der Waals surface area contributed by atoms with E-state index in [9.17, 15) is 0 Å². The Morgan fingerprint density at radius 1 is 1.64 bits per heavy atom. The van der Waals surface area contributed by atoms with Gasteiger partial charge in [0.15, 0.2) is 0 Å². The summed E-state index contributed by atoms with van der Waals surface area (Å²) in [6.45, 7) is 6.14. The molecule has 0 aliphatic carbocycles. The van der Waals surface area contributed by atoms with Gasteiger partial charge in [0.05, 0.1) is 10.7 Å². The SMILES string of the molecule is CCc1nc(C)sc1C(C)N. The summed E-state index contributed by atoms with van der Waals surface area (Å²) in [5, 5.41) is 1.12. The fourth-order valence-electron chi connectivity index (χ4n) is 1.10. The molecule has 3 heteroatoms. The van der Waals surface area contributed by atoms with Crippen LogP contribution in [0.2, 0.25) is 0 Å². The number of nitrogens with zero attached hydrogens (tertiary/aromatic N) is 1. The Balaban J connectivity index is 3.02. The zero-order valence-electron chi connectivity index (χ0n) is 7.22. The number of nitrogens with two attached hydrogens (primary N) is 1. The Hall–Kier alpha value is -0.410. The van der Waals surface area contributed by atoms with E-state index in [0.717, 1.165) is 11.4 Å². The lowest BCUT2D eigenvalue weighted by Gasteiger charge is -2.01. The van der Waals surface area contributed by atoms with Gasteiger partial charge in [-0.05, 0) is 20.3 Å². The molecule has 0 aliphatic heterocycles. The number of hydrogen-bond acceptors (Lipinski definition) is 3. The first kappa shape index (κ1) is 8.68. The molecule has 2 N–H and O–H groups in total. The highest BCUT2D eigenvalue weighted by Crippen LogP contribution is 2.23. The third-order valence-corrected chi connectivity index (χ3v) is 2.80. The highest BCUT2D eigenvalue weighted by atomic mass is 32.1. The van der Waals surface area contributed by atoms with E-state index < -0.39 is 0 Å². The molecule has 1 atom stereocenters. The second-order valence-corrected chi connectivity index (χ2v) is 3.92. The van der Waals surface area contributed by atoms with Crippen LogP contribution in [0.15, 0.2) is 0 Å². The zero-order chi connectivity index (χ0) is 8.43. The maximum absolute atomic E-state index is 5.77.